The summed E-state index contributed by atoms with van der Waals surface area (Å²) in [7, 11) is 1.57. The third kappa shape index (κ3) is 3.68. The molecule has 0 aliphatic rings. The maximum atomic E-state index is 14.0. The quantitative estimate of drug-likeness (QED) is 0.350. The summed E-state index contributed by atoms with van der Waals surface area (Å²) in [5.74, 6) is -0.809. The maximum absolute atomic E-state index is 14.0. The van der Waals surface area contributed by atoms with E-state index in [0.717, 1.165) is 0 Å². The van der Waals surface area contributed by atoms with Gasteiger partial charge in [-0.3, -0.25) is 0 Å². The average Bonchev–Trinajstić information content (AvgIpc) is 2.37. The van der Waals surface area contributed by atoms with Gasteiger partial charge in [0.25, 0.3) is 0 Å². The van der Waals surface area contributed by atoms with Gasteiger partial charge in [0.1, 0.15) is 5.82 Å². The van der Waals surface area contributed by atoms with E-state index in [-0.39, 0.29) is 24.1 Å². The van der Waals surface area contributed by atoms with Crippen molar-refractivity contribution in [2.24, 2.45) is 10.9 Å². The van der Waals surface area contributed by atoms with E-state index >= 15 is 0 Å². The van der Waals surface area contributed by atoms with Gasteiger partial charge in [-0.1, -0.05) is 17.3 Å². The van der Waals surface area contributed by atoms with Crippen molar-refractivity contribution in [3.63, 3.8) is 0 Å². The molecular formula is C12H17FN2O3. The molecule has 0 aromatic heterocycles. The Hall–Kier alpha value is -1.66. The van der Waals surface area contributed by atoms with Crippen LogP contribution in [-0.4, -0.2) is 30.9 Å². The summed E-state index contributed by atoms with van der Waals surface area (Å²) in [4.78, 5) is 0. The predicted octanol–water partition coefficient (Wildman–Crippen LogP) is 1.47. The first kappa shape index (κ1) is 14.4. The Morgan fingerprint density at radius 3 is 2.89 bits per heavy atom. The van der Waals surface area contributed by atoms with Gasteiger partial charge >= 0.3 is 0 Å². The lowest BCUT2D eigenvalue weighted by Crippen LogP contribution is -2.18. The standard InChI is InChI=1S/C12H17FN2O3/c1-8(6-17-2)18-7-9-4-3-5-10(11(9)13)12(14)15-16/h3-5,8,16H,6-7H2,1-2H3,(H2,14,15). The van der Waals surface area contributed by atoms with Crippen LogP contribution in [-0.2, 0) is 16.1 Å². The van der Waals surface area contributed by atoms with E-state index in [9.17, 15) is 4.39 Å². The highest BCUT2D eigenvalue weighted by Gasteiger charge is 2.12. The van der Waals surface area contributed by atoms with E-state index in [1.165, 1.54) is 6.07 Å². The van der Waals surface area contributed by atoms with Crippen molar-refractivity contribution in [1.29, 1.82) is 0 Å². The van der Waals surface area contributed by atoms with Gasteiger partial charge in [-0.15, -0.1) is 0 Å². The average molecular weight is 256 g/mol. The minimum Gasteiger partial charge on any atom is -0.409 e. The topological polar surface area (TPSA) is 77.1 Å². The zero-order chi connectivity index (χ0) is 13.5. The van der Waals surface area contributed by atoms with E-state index in [1.54, 1.807) is 19.2 Å². The normalized spacial score (nSPS) is 13.6. The van der Waals surface area contributed by atoms with Gasteiger partial charge in [-0.2, -0.15) is 0 Å². The van der Waals surface area contributed by atoms with E-state index in [1.807, 2.05) is 6.92 Å². The zero-order valence-corrected chi connectivity index (χ0v) is 10.4. The number of oxime groups is 1. The van der Waals surface area contributed by atoms with Gasteiger partial charge < -0.3 is 20.4 Å². The van der Waals surface area contributed by atoms with Crippen LogP contribution in [0.3, 0.4) is 0 Å². The molecule has 0 spiro atoms. The first-order chi connectivity index (χ1) is 8.60. The summed E-state index contributed by atoms with van der Waals surface area (Å²) >= 11 is 0. The fourth-order valence-electron chi connectivity index (χ4n) is 1.46. The maximum Gasteiger partial charge on any atom is 0.173 e. The second kappa shape index (κ2) is 6.93. The van der Waals surface area contributed by atoms with Gasteiger partial charge in [0, 0.05) is 12.7 Å². The lowest BCUT2D eigenvalue weighted by atomic mass is 10.1. The zero-order valence-electron chi connectivity index (χ0n) is 10.4. The van der Waals surface area contributed by atoms with Gasteiger partial charge in [0.2, 0.25) is 0 Å². The number of hydrogen-bond donors (Lipinski definition) is 2. The van der Waals surface area contributed by atoms with Crippen LogP contribution >= 0.6 is 0 Å². The van der Waals surface area contributed by atoms with E-state index in [2.05, 4.69) is 5.16 Å². The lowest BCUT2D eigenvalue weighted by Gasteiger charge is -2.13. The molecule has 0 saturated carbocycles. The van der Waals surface area contributed by atoms with Crippen molar-refractivity contribution in [2.75, 3.05) is 13.7 Å². The SMILES string of the molecule is COCC(C)OCc1cccc(/C(N)=N/O)c1F. The predicted molar refractivity (Wildman–Crippen MR) is 65.0 cm³/mol. The molecule has 1 aromatic carbocycles. The van der Waals surface area contributed by atoms with Gasteiger partial charge in [0.05, 0.1) is 24.9 Å². The highest BCUT2D eigenvalue weighted by Crippen LogP contribution is 2.14. The van der Waals surface area contributed by atoms with Crippen LogP contribution in [0, 0.1) is 5.82 Å². The Balaban J connectivity index is 2.78. The van der Waals surface area contributed by atoms with Crippen LogP contribution in [0.1, 0.15) is 18.1 Å². The number of rotatable bonds is 6. The summed E-state index contributed by atoms with van der Waals surface area (Å²) in [5, 5.41) is 11.3. The van der Waals surface area contributed by atoms with Crippen molar-refractivity contribution in [1.82, 2.24) is 0 Å². The molecule has 6 heteroatoms. The summed E-state index contributed by atoms with van der Waals surface area (Å²) < 4.78 is 24.3. The molecule has 0 saturated heterocycles. The van der Waals surface area contributed by atoms with Crippen LogP contribution in [0.25, 0.3) is 0 Å². The summed E-state index contributed by atoms with van der Waals surface area (Å²) in [6.45, 7) is 2.36. The smallest absolute Gasteiger partial charge is 0.173 e. The highest BCUT2D eigenvalue weighted by molar-refractivity contribution is 5.97. The second-order valence-electron chi connectivity index (χ2n) is 3.84. The molecule has 100 valence electrons. The number of halogens is 1. The lowest BCUT2D eigenvalue weighted by molar-refractivity contribution is -0.00110. The number of amidine groups is 1. The van der Waals surface area contributed by atoms with E-state index in [0.29, 0.717) is 12.2 Å². The Morgan fingerprint density at radius 1 is 1.56 bits per heavy atom. The Morgan fingerprint density at radius 2 is 2.28 bits per heavy atom. The van der Waals surface area contributed by atoms with Crippen molar-refractivity contribution in [2.45, 2.75) is 19.6 Å². The molecule has 1 unspecified atom stereocenters. The largest absolute Gasteiger partial charge is 0.409 e. The highest BCUT2D eigenvalue weighted by atomic mass is 19.1. The fraction of sp³-hybridized carbons (Fsp3) is 0.417. The van der Waals surface area contributed by atoms with Crippen molar-refractivity contribution >= 4 is 5.84 Å². The van der Waals surface area contributed by atoms with Crippen LogP contribution in [0.15, 0.2) is 23.4 Å². The molecule has 1 rings (SSSR count). The molecule has 0 amide bonds. The van der Waals surface area contributed by atoms with Crippen LogP contribution in [0.4, 0.5) is 4.39 Å². The van der Waals surface area contributed by atoms with Gasteiger partial charge in [-0.05, 0) is 13.0 Å². The molecule has 3 N–H and O–H groups in total. The summed E-state index contributed by atoms with van der Waals surface area (Å²) in [5.41, 5.74) is 5.77. The van der Waals surface area contributed by atoms with E-state index in [4.69, 9.17) is 20.4 Å². The summed E-state index contributed by atoms with van der Waals surface area (Å²) in [6, 6.07) is 4.64. The second-order valence-corrected chi connectivity index (χ2v) is 3.84. The molecular weight excluding hydrogens is 239 g/mol. The Kier molecular flexibility index (Phi) is 5.54. The number of nitrogens with zero attached hydrogens (tertiary/aromatic N) is 1. The molecule has 0 aliphatic heterocycles. The third-order valence-electron chi connectivity index (χ3n) is 2.39. The molecule has 0 radical (unpaired) electrons. The molecule has 1 aromatic rings. The van der Waals surface area contributed by atoms with Crippen LogP contribution < -0.4 is 5.73 Å². The molecule has 5 nitrogen and oxygen atoms in total. The van der Waals surface area contributed by atoms with Crippen LogP contribution in [0.5, 0.6) is 0 Å². The molecule has 0 aliphatic carbocycles. The van der Waals surface area contributed by atoms with Crippen molar-refractivity contribution < 1.29 is 19.1 Å². The number of ether oxygens (including phenoxy) is 2. The first-order valence-electron chi connectivity index (χ1n) is 5.46. The monoisotopic (exact) mass is 256 g/mol. The number of hydrogen-bond acceptors (Lipinski definition) is 4. The Bertz CT molecular complexity index is 424. The molecule has 0 bridgehead atoms. The minimum atomic E-state index is -0.544. The third-order valence-corrected chi connectivity index (χ3v) is 2.39. The summed E-state index contributed by atoms with van der Waals surface area (Å²) in [6.07, 6.45) is -0.137. The Labute approximate surface area is 105 Å². The van der Waals surface area contributed by atoms with E-state index < -0.39 is 5.82 Å². The minimum absolute atomic E-state index is 0.0537. The van der Waals surface area contributed by atoms with Crippen LogP contribution in [0.2, 0.25) is 0 Å². The molecule has 1 atom stereocenters. The van der Waals surface area contributed by atoms with Gasteiger partial charge in [0.15, 0.2) is 5.84 Å². The molecule has 0 fully saturated rings. The van der Waals surface area contributed by atoms with Gasteiger partial charge in [-0.25, -0.2) is 4.39 Å². The number of methoxy groups -OCH3 is 1. The number of nitrogens with two attached hydrogens (primary N) is 1. The van der Waals surface area contributed by atoms with Crippen molar-refractivity contribution in [3.8, 4) is 0 Å². The molecule has 18 heavy (non-hydrogen) atoms. The molecule has 0 heterocycles. The fourth-order valence-corrected chi connectivity index (χ4v) is 1.46. The van der Waals surface area contributed by atoms with Crippen molar-refractivity contribution in [3.05, 3.63) is 35.1 Å². The number of benzene rings is 1. The first-order valence-corrected chi connectivity index (χ1v) is 5.46.